The summed E-state index contributed by atoms with van der Waals surface area (Å²) in [6, 6.07) is 0. The summed E-state index contributed by atoms with van der Waals surface area (Å²) >= 11 is 0. The van der Waals surface area contributed by atoms with Crippen molar-refractivity contribution in [1.82, 2.24) is 21.6 Å². The zero-order chi connectivity index (χ0) is 84.1. The van der Waals surface area contributed by atoms with Gasteiger partial charge in [0.05, 0.1) is 67.3 Å². The van der Waals surface area contributed by atoms with Crippen molar-refractivity contribution >= 4 is 58.1 Å². The topological polar surface area (TPSA) is 436 Å². The van der Waals surface area contributed by atoms with E-state index in [9.17, 15) is 64.2 Å². The molecule has 3 spiro atoms. The molecular formula is C85H115F3N8O21. The van der Waals surface area contributed by atoms with Crippen LogP contribution in [0.25, 0.3) is 0 Å². The number of ketones is 3. The first-order valence-electron chi connectivity index (χ1n) is 41.7. The molecule has 12 aliphatic carbocycles. The van der Waals surface area contributed by atoms with Gasteiger partial charge in [0.15, 0.2) is 51.2 Å². The SMILES string of the molecule is CC(C)CCOC(C)(N)CCNC(=O)COCC(COCC(=O)N/N=C1\C=C[C@@]2(C)C(=C1)CC[C@H]1[C@@H]3C[C@@H](C)[C@@]4(C(=O)CO)O[C@]34C[C@H](O)[C@@]12F)(COCC(=O)N/N=C1\C=C[C@@]2(C)C(=C1)CC[C@H]1[C@@H]3C[C@@H](C)[C@@]4(C(=O)CO)O[C@]34C[C@H](O)[C@@]12F)COCC(=O)N/N=C1\C=C[C@@]2(C)C(=C1)CC[C@H]1[C@@H]3C[C@@H](C)[C@@]4(C(=O)CO)O[C@]34C[C@H](O)[C@@]12F. The van der Waals surface area contributed by atoms with Gasteiger partial charge in [-0.2, -0.15) is 15.3 Å². The Bertz CT molecular complexity index is 3980. The third-order valence-electron chi connectivity index (χ3n) is 31.0. The van der Waals surface area contributed by atoms with E-state index in [-0.39, 0.29) is 84.9 Å². The molecule has 3 saturated heterocycles. The lowest BCUT2D eigenvalue weighted by Crippen LogP contribution is -2.66. The molecule has 0 aromatic carbocycles. The summed E-state index contributed by atoms with van der Waals surface area (Å²) in [6.45, 7) is 10.5. The van der Waals surface area contributed by atoms with Gasteiger partial charge in [0, 0.05) is 72.8 Å². The molecule has 12 N–H and O–H groups in total. The monoisotopic (exact) mass is 1640 g/mol. The van der Waals surface area contributed by atoms with Crippen LogP contribution >= 0.6 is 0 Å². The quantitative estimate of drug-likeness (QED) is 0.0257. The number of aliphatic hydroxyl groups excluding tert-OH is 6. The Labute approximate surface area is 678 Å². The van der Waals surface area contributed by atoms with Gasteiger partial charge in [0.2, 0.25) is 5.91 Å². The fourth-order valence-electron chi connectivity index (χ4n) is 25.3. The van der Waals surface area contributed by atoms with Crippen LogP contribution < -0.4 is 27.3 Å². The number of aliphatic hydroxyl groups is 6. The Hall–Kier alpha value is -6.47. The van der Waals surface area contributed by atoms with Crippen molar-refractivity contribution in [3.8, 4) is 0 Å². The Morgan fingerprint density at radius 2 is 0.829 bits per heavy atom. The van der Waals surface area contributed by atoms with Crippen LogP contribution in [-0.4, -0.2) is 249 Å². The molecule has 25 atom stereocenters. The summed E-state index contributed by atoms with van der Waals surface area (Å²) in [7, 11) is 0. The molecule has 15 rings (SSSR count). The van der Waals surface area contributed by atoms with Crippen molar-refractivity contribution in [2.24, 2.45) is 102 Å². The molecule has 29 nitrogen and oxygen atoms in total. The minimum atomic E-state index is -2.17. The first-order chi connectivity index (χ1) is 55.3. The van der Waals surface area contributed by atoms with Crippen LogP contribution in [0.5, 0.6) is 0 Å². The van der Waals surface area contributed by atoms with Gasteiger partial charge in [-0.15, -0.1) is 0 Å². The molecule has 0 bridgehead atoms. The number of Topliss-reactive ketones (excluding diaryl/α,β-unsaturated/α-hetero) is 3. The van der Waals surface area contributed by atoms with Crippen LogP contribution in [0.15, 0.2) is 86.7 Å². The molecule has 32 heteroatoms. The Balaban J connectivity index is 0.632. The second-order valence-electron chi connectivity index (χ2n) is 37.8. The van der Waals surface area contributed by atoms with Gasteiger partial charge < -0.3 is 79.6 Å². The summed E-state index contributed by atoms with van der Waals surface area (Å²) in [5.74, 6) is -7.94. The highest BCUT2D eigenvalue weighted by atomic mass is 19.2. The van der Waals surface area contributed by atoms with Crippen LogP contribution in [0, 0.1) is 80.8 Å². The lowest BCUT2D eigenvalue weighted by Gasteiger charge is -2.59. The van der Waals surface area contributed by atoms with Crippen molar-refractivity contribution in [3.05, 3.63) is 71.4 Å². The van der Waals surface area contributed by atoms with E-state index in [2.05, 4.69) is 50.7 Å². The van der Waals surface area contributed by atoms with Crippen molar-refractivity contribution in [2.75, 3.05) is 85.8 Å². The highest BCUT2D eigenvalue weighted by Crippen LogP contribution is 2.80. The minimum Gasteiger partial charge on any atom is -0.390 e. The van der Waals surface area contributed by atoms with Crippen molar-refractivity contribution in [2.45, 2.75) is 227 Å². The fourth-order valence-corrected chi connectivity index (χ4v) is 25.3. The van der Waals surface area contributed by atoms with Crippen LogP contribution in [0.3, 0.4) is 0 Å². The van der Waals surface area contributed by atoms with Crippen molar-refractivity contribution in [3.63, 3.8) is 0 Å². The number of nitrogens with one attached hydrogen (secondary N) is 4. The Morgan fingerprint density at radius 3 is 1.13 bits per heavy atom. The van der Waals surface area contributed by atoms with Gasteiger partial charge >= 0.3 is 0 Å². The molecule has 0 radical (unpaired) electrons. The van der Waals surface area contributed by atoms with E-state index in [1.54, 1.807) is 82.4 Å². The van der Waals surface area contributed by atoms with E-state index in [1.807, 2.05) is 20.8 Å². The maximum absolute atomic E-state index is 18.2. The lowest BCUT2D eigenvalue weighted by atomic mass is 9.48. The highest BCUT2D eigenvalue weighted by Gasteiger charge is 2.91. The third-order valence-corrected chi connectivity index (χ3v) is 31.0. The Kier molecular flexibility index (Phi) is 22.1. The molecule has 3 aliphatic heterocycles. The number of amides is 4. The number of fused-ring (bicyclic) bond motifs is 12. The van der Waals surface area contributed by atoms with Crippen LogP contribution in [0.2, 0.25) is 0 Å². The molecule has 0 aromatic heterocycles. The first-order valence-corrected chi connectivity index (χ1v) is 41.7. The number of hydrazone groups is 3. The average molecular weight is 1640 g/mol. The second-order valence-corrected chi connectivity index (χ2v) is 37.8. The number of hydrogen-bond donors (Lipinski definition) is 11. The highest BCUT2D eigenvalue weighted by molar-refractivity contribution is 6.08. The molecule has 12 fully saturated rings. The summed E-state index contributed by atoms with van der Waals surface area (Å²) in [6.07, 6.45) is 14.3. The fraction of sp³-hybridized carbons (Fsp3) is 0.741. The summed E-state index contributed by atoms with van der Waals surface area (Å²) in [4.78, 5) is 94.7. The largest absolute Gasteiger partial charge is 0.390 e. The molecule has 15 aliphatic rings. The van der Waals surface area contributed by atoms with E-state index in [0.717, 1.165) is 6.42 Å². The number of allylic oxidation sites excluding steroid dienone is 12. The number of alkyl halides is 3. The van der Waals surface area contributed by atoms with Crippen molar-refractivity contribution < 1.29 is 115 Å². The predicted molar refractivity (Wildman–Crippen MR) is 413 cm³/mol. The maximum atomic E-state index is 18.2. The molecule has 642 valence electrons. The van der Waals surface area contributed by atoms with Crippen LogP contribution in [0.1, 0.15) is 152 Å². The molecule has 9 saturated carbocycles. The Morgan fingerprint density at radius 1 is 0.521 bits per heavy atom. The summed E-state index contributed by atoms with van der Waals surface area (Å²) in [5, 5.41) is 81.3. The van der Waals surface area contributed by atoms with E-state index in [1.165, 1.54) is 0 Å². The van der Waals surface area contributed by atoms with Gasteiger partial charge in [0.1, 0.15) is 68.8 Å². The van der Waals surface area contributed by atoms with Gasteiger partial charge in [-0.25, -0.2) is 29.4 Å². The van der Waals surface area contributed by atoms with Crippen molar-refractivity contribution in [1.29, 1.82) is 0 Å². The number of carbonyl (C=O) groups excluding carboxylic acids is 7. The van der Waals surface area contributed by atoms with Crippen LogP contribution in [0.4, 0.5) is 13.2 Å². The number of ether oxygens (including phenoxy) is 8. The normalized spacial score (nSPS) is 43.7. The minimum absolute atomic E-state index is 0.106. The molecule has 117 heavy (non-hydrogen) atoms. The standard InChI is InChI=1S/C85H115F3N8O21/c1-46(2)19-25-114-75(9,89)23-24-90-68(106)38-110-42-76(43-111-39-69(107)94-91-53-16-20-72(6)50(29-53)10-13-56-59-26-47(3)83(65(103)35-97)77(59,115-83)32-62(100)80(56,72)86,44-112-40-70(108)95-92-54-17-21-73(7)51(30-54)11-14-57-60-27-48(4)84(66(104)36-98)78(60,116-84)33-63(101)81(57,73)87)45-113-41-71(109)96-93-55-18-22-74(8)52(31-55)12-15-58-61-28-49(5)85(67(105)37-99)79(61,117-85)34-64(102)82(58,74)88/h16-18,20-22,29-31,46-49,56-64,97-102H,10-15,19,23-28,32-45,89H2,1-9H3,(H,90,106)(H,94,107)(H,95,108)(H,96,109)/b91-53+,92-54+,93-55+/t47-,48-,49-,56+,57+,58+,59+,60+,61+,62+,63+,64+,72+,73+,74+,75?,77-,78-,79-,80+,81+,82+,83+,84+,85+/m1/s1. The number of nitrogens with zero attached hydrogens (tertiary/aromatic N) is 3. The number of hydrogen-bond acceptors (Lipinski definition) is 25. The smallest absolute Gasteiger partial charge is 0.266 e. The van der Waals surface area contributed by atoms with Gasteiger partial charge in [0.25, 0.3) is 17.7 Å². The number of epoxide rings is 3. The number of carbonyl (C=O) groups is 7. The number of nitrogens with two attached hydrogens (primary N) is 1. The summed E-state index contributed by atoms with van der Waals surface area (Å²) in [5.41, 5.74) is -3.54. The molecule has 0 aromatic rings. The van der Waals surface area contributed by atoms with E-state index in [4.69, 9.17) is 43.6 Å². The van der Waals surface area contributed by atoms with E-state index >= 15 is 13.2 Å². The average Bonchev–Trinajstić information content (AvgIpc) is 1.48. The van der Waals surface area contributed by atoms with Gasteiger partial charge in [-0.1, -0.05) is 69.6 Å². The van der Waals surface area contributed by atoms with E-state index < -0.39 is 228 Å². The number of rotatable bonds is 32. The maximum Gasteiger partial charge on any atom is 0.266 e. The third kappa shape index (κ3) is 12.8. The zero-order valence-electron chi connectivity index (χ0n) is 68.2. The predicted octanol–water partition coefficient (Wildman–Crippen LogP) is 4.03. The summed E-state index contributed by atoms with van der Waals surface area (Å²) < 4.78 is 104. The lowest BCUT2D eigenvalue weighted by molar-refractivity contribution is -0.179. The van der Waals surface area contributed by atoms with E-state index in [0.29, 0.717) is 87.0 Å². The van der Waals surface area contributed by atoms with Gasteiger partial charge in [-0.05, 0) is 170 Å². The molecular weight excluding hydrogens is 1530 g/mol. The first kappa shape index (κ1) is 85.5. The molecule has 4 amide bonds. The number of halogens is 3. The zero-order valence-corrected chi connectivity index (χ0v) is 68.2. The molecule has 1 unspecified atom stereocenters. The second kappa shape index (κ2) is 30.2. The van der Waals surface area contributed by atoms with Gasteiger partial charge in [-0.3, -0.25) is 33.6 Å². The molecule has 3 heterocycles. The van der Waals surface area contributed by atoms with Crippen LogP contribution in [-0.2, 0) is 71.5 Å².